The van der Waals surface area contributed by atoms with E-state index in [0.29, 0.717) is 12.2 Å². The zero-order valence-corrected chi connectivity index (χ0v) is 11.2. The molecule has 0 aromatic heterocycles. The first-order chi connectivity index (χ1) is 9.63. The summed E-state index contributed by atoms with van der Waals surface area (Å²) in [5.41, 5.74) is 1.53. The first-order valence-corrected chi connectivity index (χ1v) is 6.55. The number of carbonyl (C=O) groups excluding carboxylic acids is 1. The Labute approximate surface area is 117 Å². The highest BCUT2D eigenvalue weighted by atomic mass is 16.5. The fraction of sp³-hybridized carbons (Fsp3) is 0.188. The Hall–Kier alpha value is -2.17. The first-order valence-electron chi connectivity index (χ1n) is 6.55. The van der Waals surface area contributed by atoms with Gasteiger partial charge >= 0.3 is 0 Å². The molecule has 0 fully saturated rings. The monoisotopic (exact) mass is 268 g/mol. The summed E-state index contributed by atoms with van der Waals surface area (Å²) in [4.78, 5) is 12.3. The van der Waals surface area contributed by atoms with Crippen molar-refractivity contribution in [3.05, 3.63) is 65.7 Å². The summed E-state index contributed by atoms with van der Waals surface area (Å²) < 4.78 is 0. The summed E-state index contributed by atoms with van der Waals surface area (Å²) in [6, 6.07) is 17.1. The van der Waals surface area contributed by atoms with Crippen LogP contribution >= 0.6 is 0 Å². The summed E-state index contributed by atoms with van der Waals surface area (Å²) in [6.45, 7) is 2.36. The van der Waals surface area contributed by atoms with Gasteiger partial charge in [-0.05, 0) is 18.6 Å². The Morgan fingerprint density at radius 1 is 1.10 bits per heavy atom. The van der Waals surface area contributed by atoms with Crippen LogP contribution in [0.1, 0.15) is 18.1 Å². The lowest BCUT2D eigenvalue weighted by atomic mass is 9.93. The molecule has 4 heteroatoms. The molecule has 1 amide bonds. The van der Waals surface area contributed by atoms with Gasteiger partial charge in [0.05, 0.1) is 5.69 Å². The number of nitrogens with one attached hydrogen (secondary N) is 1. The quantitative estimate of drug-likeness (QED) is 0.841. The van der Waals surface area contributed by atoms with Gasteiger partial charge in [-0.3, -0.25) is 15.3 Å². The summed E-state index contributed by atoms with van der Waals surface area (Å²) >= 11 is 0. The maximum absolute atomic E-state index is 12.3. The molecule has 0 aliphatic carbocycles. The second kappa shape index (κ2) is 4.74. The number of rotatable bonds is 3. The normalized spacial score (nSPS) is 21.1. The second-order valence-corrected chi connectivity index (χ2v) is 5.10. The minimum Gasteiger partial charge on any atom is -0.296 e. The minimum absolute atomic E-state index is 0.352. The lowest BCUT2D eigenvalue weighted by Gasteiger charge is -2.24. The molecule has 1 aliphatic rings. The highest BCUT2D eigenvalue weighted by Gasteiger charge is 2.46. The van der Waals surface area contributed by atoms with Gasteiger partial charge in [-0.15, -0.1) is 0 Å². The standard InChI is InChI=1S/C16H16N2O2/c1-16(17-11-12-7-3-2-4-8-12)13-9-5-6-10-14(13)18(20)15(16)19/h2-10,17,20H,11H2,1H3. The van der Waals surface area contributed by atoms with Gasteiger partial charge in [0.25, 0.3) is 5.91 Å². The molecule has 0 spiro atoms. The fourth-order valence-electron chi connectivity index (χ4n) is 2.56. The molecular weight excluding hydrogens is 252 g/mol. The molecule has 2 aromatic rings. The number of carbonyl (C=O) groups is 1. The van der Waals surface area contributed by atoms with Crippen molar-refractivity contribution < 1.29 is 10.0 Å². The predicted octanol–water partition coefficient (Wildman–Crippen LogP) is 2.43. The highest BCUT2D eigenvalue weighted by molar-refractivity contribution is 6.05. The molecule has 0 saturated carbocycles. The smallest absolute Gasteiger partial charge is 0.275 e. The molecule has 0 radical (unpaired) electrons. The Balaban J connectivity index is 1.90. The Morgan fingerprint density at radius 2 is 1.75 bits per heavy atom. The van der Waals surface area contributed by atoms with Crippen LogP contribution in [-0.4, -0.2) is 11.1 Å². The molecule has 1 unspecified atom stereocenters. The van der Waals surface area contributed by atoms with E-state index in [4.69, 9.17) is 0 Å². The minimum atomic E-state index is -0.902. The maximum Gasteiger partial charge on any atom is 0.275 e. The van der Waals surface area contributed by atoms with E-state index >= 15 is 0 Å². The van der Waals surface area contributed by atoms with E-state index in [2.05, 4.69) is 5.32 Å². The molecule has 1 heterocycles. The zero-order chi connectivity index (χ0) is 14.2. The molecule has 2 aromatic carbocycles. The summed E-state index contributed by atoms with van der Waals surface area (Å²) in [7, 11) is 0. The predicted molar refractivity (Wildman–Crippen MR) is 76.3 cm³/mol. The van der Waals surface area contributed by atoms with Crippen LogP contribution < -0.4 is 10.4 Å². The number of fused-ring (bicyclic) bond motifs is 1. The average molecular weight is 268 g/mol. The van der Waals surface area contributed by atoms with Crippen molar-refractivity contribution in [1.82, 2.24) is 5.32 Å². The van der Waals surface area contributed by atoms with Gasteiger partial charge in [0.1, 0.15) is 5.54 Å². The molecule has 1 aliphatic heterocycles. The number of para-hydroxylation sites is 1. The van der Waals surface area contributed by atoms with Crippen molar-refractivity contribution in [3.63, 3.8) is 0 Å². The molecule has 0 bridgehead atoms. The third-order valence-electron chi connectivity index (χ3n) is 3.78. The number of hydroxylamine groups is 1. The van der Waals surface area contributed by atoms with Crippen molar-refractivity contribution >= 4 is 11.6 Å². The highest BCUT2D eigenvalue weighted by Crippen LogP contribution is 2.38. The molecule has 4 nitrogen and oxygen atoms in total. The Bertz CT molecular complexity index is 642. The lowest BCUT2D eigenvalue weighted by Crippen LogP contribution is -2.47. The van der Waals surface area contributed by atoms with Crippen LogP contribution in [0.3, 0.4) is 0 Å². The molecule has 1 atom stereocenters. The zero-order valence-electron chi connectivity index (χ0n) is 11.2. The fourth-order valence-corrected chi connectivity index (χ4v) is 2.56. The topological polar surface area (TPSA) is 52.6 Å². The van der Waals surface area contributed by atoms with Crippen molar-refractivity contribution in [1.29, 1.82) is 0 Å². The summed E-state index contributed by atoms with van der Waals surface area (Å²) in [6.07, 6.45) is 0. The second-order valence-electron chi connectivity index (χ2n) is 5.10. The van der Waals surface area contributed by atoms with E-state index in [9.17, 15) is 10.0 Å². The number of nitrogens with zero attached hydrogens (tertiary/aromatic N) is 1. The molecule has 20 heavy (non-hydrogen) atoms. The molecule has 102 valence electrons. The van der Waals surface area contributed by atoms with Crippen LogP contribution in [0, 0.1) is 0 Å². The van der Waals surface area contributed by atoms with Crippen molar-refractivity contribution in [2.24, 2.45) is 0 Å². The Morgan fingerprint density at radius 3 is 2.50 bits per heavy atom. The van der Waals surface area contributed by atoms with Crippen molar-refractivity contribution in [2.45, 2.75) is 19.0 Å². The van der Waals surface area contributed by atoms with Crippen LogP contribution in [0.15, 0.2) is 54.6 Å². The number of hydrogen-bond donors (Lipinski definition) is 2. The van der Waals surface area contributed by atoms with E-state index in [1.165, 1.54) is 0 Å². The molecule has 2 N–H and O–H groups in total. The van der Waals surface area contributed by atoms with E-state index in [0.717, 1.165) is 16.2 Å². The maximum atomic E-state index is 12.3. The SMILES string of the molecule is CC1(NCc2ccccc2)C(=O)N(O)c2ccccc21. The van der Waals surface area contributed by atoms with Gasteiger partial charge in [-0.1, -0.05) is 48.5 Å². The van der Waals surface area contributed by atoms with Gasteiger partial charge < -0.3 is 0 Å². The van der Waals surface area contributed by atoms with Crippen LogP contribution in [0.5, 0.6) is 0 Å². The summed E-state index contributed by atoms with van der Waals surface area (Å²) in [5.74, 6) is -0.352. The van der Waals surface area contributed by atoms with Gasteiger partial charge in [0.15, 0.2) is 0 Å². The molecular formula is C16H16N2O2. The summed E-state index contributed by atoms with van der Waals surface area (Å²) in [5, 5.41) is 13.9. The molecule has 0 saturated heterocycles. The van der Waals surface area contributed by atoms with Crippen LogP contribution in [0.25, 0.3) is 0 Å². The lowest BCUT2D eigenvalue weighted by molar-refractivity contribution is -0.128. The third kappa shape index (κ3) is 1.90. The van der Waals surface area contributed by atoms with E-state index in [1.807, 2.05) is 42.5 Å². The number of anilines is 1. The average Bonchev–Trinajstić information content (AvgIpc) is 2.69. The van der Waals surface area contributed by atoms with Crippen LogP contribution in [-0.2, 0) is 16.9 Å². The number of amides is 1. The van der Waals surface area contributed by atoms with E-state index < -0.39 is 5.54 Å². The number of benzene rings is 2. The van der Waals surface area contributed by atoms with Crippen molar-refractivity contribution in [3.8, 4) is 0 Å². The molecule has 3 rings (SSSR count). The van der Waals surface area contributed by atoms with Gasteiger partial charge in [-0.25, -0.2) is 0 Å². The number of hydrogen-bond acceptors (Lipinski definition) is 3. The van der Waals surface area contributed by atoms with Crippen molar-refractivity contribution in [2.75, 3.05) is 5.06 Å². The van der Waals surface area contributed by atoms with E-state index in [-0.39, 0.29) is 5.91 Å². The van der Waals surface area contributed by atoms with Gasteiger partial charge in [0.2, 0.25) is 0 Å². The largest absolute Gasteiger partial charge is 0.296 e. The third-order valence-corrected chi connectivity index (χ3v) is 3.78. The van der Waals surface area contributed by atoms with E-state index in [1.54, 1.807) is 19.1 Å². The van der Waals surface area contributed by atoms with Crippen LogP contribution in [0.2, 0.25) is 0 Å². The van der Waals surface area contributed by atoms with Gasteiger partial charge in [-0.2, -0.15) is 5.06 Å². The van der Waals surface area contributed by atoms with Gasteiger partial charge in [0, 0.05) is 12.1 Å². The van der Waals surface area contributed by atoms with Crippen LogP contribution in [0.4, 0.5) is 5.69 Å². The first kappa shape index (κ1) is 12.8. The Kier molecular flexibility index (Phi) is 3.04.